The zero-order valence-corrected chi connectivity index (χ0v) is 22.0. The van der Waals surface area contributed by atoms with Gasteiger partial charge in [-0.3, -0.25) is 0 Å². The van der Waals surface area contributed by atoms with E-state index in [1.165, 1.54) is 33.4 Å². The van der Waals surface area contributed by atoms with Crippen LogP contribution in [0.3, 0.4) is 0 Å². The second-order valence-corrected chi connectivity index (χ2v) is 11.0. The Balaban J connectivity index is 2.03. The van der Waals surface area contributed by atoms with Gasteiger partial charge in [0.15, 0.2) is 0 Å². The normalized spacial score (nSPS) is 16.6. The molecule has 1 unspecified atom stereocenters. The first kappa shape index (κ1) is 26.5. The Kier molecular flexibility index (Phi) is 9.36. The van der Waals surface area contributed by atoms with E-state index in [-0.39, 0.29) is 11.8 Å². The lowest BCUT2D eigenvalue weighted by Gasteiger charge is -2.18. The van der Waals surface area contributed by atoms with E-state index in [4.69, 9.17) is 4.74 Å². The topological polar surface area (TPSA) is 75.6 Å². The van der Waals surface area contributed by atoms with Gasteiger partial charge in [-0.2, -0.15) is 0 Å². The molecule has 0 radical (unpaired) electrons. The molecule has 0 aliphatic heterocycles. The third-order valence-corrected chi connectivity index (χ3v) is 7.57. The van der Waals surface area contributed by atoms with Crippen molar-refractivity contribution in [1.82, 2.24) is 14.6 Å². The molecule has 0 saturated heterocycles. The van der Waals surface area contributed by atoms with E-state index in [0.717, 1.165) is 32.5 Å². The number of ether oxygens (including phenoxy) is 1. The number of nitrogens with zero attached hydrogens (tertiary/aromatic N) is 2. The molecular weight excluding hydrogens is 448 g/mol. The number of methoxy groups -OCH3 is 1. The van der Waals surface area contributed by atoms with E-state index in [0.29, 0.717) is 13.0 Å². The van der Waals surface area contributed by atoms with E-state index in [2.05, 4.69) is 70.9 Å². The predicted octanol–water partition coefficient (Wildman–Crippen LogP) is 3.89. The fraction of sp³-hybridized carbons (Fsp3) is 0.538. The van der Waals surface area contributed by atoms with Gasteiger partial charge in [0.05, 0.1) is 29.3 Å². The first-order chi connectivity index (χ1) is 16.3. The number of nitrogens with one attached hydrogen (secondary N) is 2. The predicted molar refractivity (Wildman–Crippen MR) is 143 cm³/mol. The van der Waals surface area contributed by atoms with Crippen LogP contribution in [0.2, 0.25) is 0 Å². The average Bonchev–Trinajstić information content (AvgIpc) is 2.95. The van der Waals surface area contributed by atoms with Gasteiger partial charge >= 0.3 is 0 Å². The van der Waals surface area contributed by atoms with Crippen molar-refractivity contribution in [1.29, 1.82) is 0 Å². The Bertz CT molecular complexity index is 1130. The molecule has 2 N–H and O–H groups in total. The number of aromatic nitrogens is 1. The number of aryl methyl sites for hydroxylation is 1. The molecule has 0 saturated carbocycles. The van der Waals surface area contributed by atoms with Crippen LogP contribution < -0.4 is 14.9 Å². The molecule has 0 spiro atoms. The molecule has 2 aromatic rings. The lowest BCUT2D eigenvalue weighted by molar-refractivity contribution is 0.199. The van der Waals surface area contributed by atoms with Crippen molar-refractivity contribution in [2.75, 3.05) is 45.0 Å². The van der Waals surface area contributed by atoms with Crippen molar-refractivity contribution in [3.05, 3.63) is 47.7 Å². The van der Waals surface area contributed by atoms with Crippen LogP contribution in [-0.4, -0.2) is 59.1 Å². The zero-order chi connectivity index (χ0) is 24.7. The van der Waals surface area contributed by atoms with Crippen LogP contribution in [0.25, 0.3) is 16.5 Å². The van der Waals surface area contributed by atoms with Gasteiger partial charge < -0.3 is 19.5 Å². The smallest absolute Gasteiger partial charge is 0.211 e. The number of sulfonamides is 1. The van der Waals surface area contributed by atoms with Gasteiger partial charge in [0, 0.05) is 52.3 Å². The Morgan fingerprint density at radius 3 is 2.71 bits per heavy atom. The highest BCUT2D eigenvalue weighted by molar-refractivity contribution is 7.89. The SMILES string of the molecule is CCCn1c(C2=CCC(NS(=O)(=O)CC)C=CC2)c(N(C)C)c2ccc(CNCCOC)cc21. The summed E-state index contributed by atoms with van der Waals surface area (Å²) in [7, 11) is 2.66. The Hall–Kier alpha value is -2.13. The fourth-order valence-electron chi connectivity index (χ4n) is 4.51. The summed E-state index contributed by atoms with van der Waals surface area (Å²) < 4.78 is 34.6. The Labute approximate surface area is 204 Å². The average molecular weight is 489 g/mol. The zero-order valence-electron chi connectivity index (χ0n) is 21.2. The van der Waals surface area contributed by atoms with Gasteiger partial charge in [-0.05, 0) is 43.4 Å². The molecule has 1 aromatic carbocycles. The van der Waals surface area contributed by atoms with Gasteiger partial charge in [0.25, 0.3) is 0 Å². The second kappa shape index (κ2) is 12.0. The van der Waals surface area contributed by atoms with Crippen LogP contribution in [0, 0.1) is 0 Å². The quantitative estimate of drug-likeness (QED) is 0.350. The molecule has 7 nitrogen and oxygen atoms in total. The van der Waals surface area contributed by atoms with Crippen LogP contribution >= 0.6 is 0 Å². The van der Waals surface area contributed by atoms with Crippen molar-refractivity contribution in [3.63, 3.8) is 0 Å². The minimum absolute atomic E-state index is 0.0894. The van der Waals surface area contributed by atoms with Crippen LogP contribution in [-0.2, 0) is 27.8 Å². The molecule has 188 valence electrons. The third kappa shape index (κ3) is 6.30. The van der Waals surface area contributed by atoms with Gasteiger partial charge in [0.2, 0.25) is 10.0 Å². The highest BCUT2D eigenvalue weighted by Crippen LogP contribution is 2.40. The monoisotopic (exact) mass is 488 g/mol. The molecule has 3 rings (SSSR count). The highest BCUT2D eigenvalue weighted by atomic mass is 32.2. The molecule has 1 aliphatic carbocycles. The van der Waals surface area contributed by atoms with E-state index in [1.807, 2.05) is 6.08 Å². The summed E-state index contributed by atoms with van der Waals surface area (Å²) >= 11 is 0. The van der Waals surface area contributed by atoms with Crippen molar-refractivity contribution < 1.29 is 13.2 Å². The summed E-state index contributed by atoms with van der Waals surface area (Å²) in [5.41, 5.74) is 6.18. The molecule has 1 heterocycles. The van der Waals surface area contributed by atoms with E-state index in [9.17, 15) is 8.42 Å². The van der Waals surface area contributed by atoms with Crippen molar-refractivity contribution >= 4 is 32.2 Å². The van der Waals surface area contributed by atoms with Crippen molar-refractivity contribution in [3.8, 4) is 0 Å². The van der Waals surface area contributed by atoms with E-state index < -0.39 is 10.0 Å². The van der Waals surface area contributed by atoms with Crippen LogP contribution in [0.4, 0.5) is 5.69 Å². The summed E-state index contributed by atoms with van der Waals surface area (Å²) in [5.74, 6) is 0.0894. The molecule has 34 heavy (non-hydrogen) atoms. The largest absolute Gasteiger partial charge is 0.383 e. The highest BCUT2D eigenvalue weighted by Gasteiger charge is 2.23. The van der Waals surface area contributed by atoms with E-state index in [1.54, 1.807) is 14.0 Å². The first-order valence-electron chi connectivity index (χ1n) is 12.2. The third-order valence-electron chi connectivity index (χ3n) is 6.15. The lowest BCUT2D eigenvalue weighted by Crippen LogP contribution is -2.34. The number of benzene rings is 1. The molecule has 1 atom stereocenters. The molecule has 0 fully saturated rings. The number of fused-ring (bicyclic) bond motifs is 1. The number of anilines is 1. The molecule has 0 bridgehead atoms. The molecule has 8 heteroatoms. The van der Waals surface area contributed by atoms with Crippen LogP contribution in [0.15, 0.2) is 36.4 Å². The molecule has 1 aromatic heterocycles. The number of hydrogen-bond donors (Lipinski definition) is 2. The summed E-state index contributed by atoms with van der Waals surface area (Å²) in [5, 5.41) is 4.68. The summed E-state index contributed by atoms with van der Waals surface area (Å²) in [4.78, 5) is 2.20. The van der Waals surface area contributed by atoms with Gasteiger partial charge in [0.1, 0.15) is 0 Å². The van der Waals surface area contributed by atoms with Gasteiger partial charge in [-0.1, -0.05) is 37.3 Å². The number of allylic oxidation sites excluding steroid dienone is 2. The van der Waals surface area contributed by atoms with Crippen molar-refractivity contribution in [2.24, 2.45) is 0 Å². The minimum Gasteiger partial charge on any atom is -0.383 e. The van der Waals surface area contributed by atoms with Crippen LogP contribution in [0.1, 0.15) is 44.4 Å². The van der Waals surface area contributed by atoms with E-state index >= 15 is 0 Å². The Morgan fingerprint density at radius 1 is 1.24 bits per heavy atom. The Morgan fingerprint density at radius 2 is 2.03 bits per heavy atom. The molecule has 0 amide bonds. The second-order valence-electron chi connectivity index (χ2n) is 8.99. The van der Waals surface area contributed by atoms with Crippen molar-refractivity contribution in [2.45, 2.75) is 52.2 Å². The van der Waals surface area contributed by atoms with Gasteiger partial charge in [-0.15, -0.1) is 0 Å². The maximum Gasteiger partial charge on any atom is 0.211 e. The maximum absolute atomic E-state index is 12.1. The molecular formula is C26H40N4O3S. The summed E-state index contributed by atoms with van der Waals surface area (Å²) in [6.45, 7) is 7.11. The fourth-order valence-corrected chi connectivity index (χ4v) is 5.32. The van der Waals surface area contributed by atoms with Crippen LogP contribution in [0.5, 0.6) is 0 Å². The summed E-state index contributed by atoms with van der Waals surface area (Å²) in [6, 6.07) is 6.52. The number of hydrogen-bond acceptors (Lipinski definition) is 5. The maximum atomic E-state index is 12.1. The minimum atomic E-state index is -3.25. The number of rotatable bonds is 12. The lowest BCUT2D eigenvalue weighted by atomic mass is 10.0. The molecule has 1 aliphatic rings. The van der Waals surface area contributed by atoms with Gasteiger partial charge in [-0.25, -0.2) is 13.1 Å². The summed E-state index contributed by atoms with van der Waals surface area (Å²) in [6.07, 6.45) is 8.74. The standard InChI is InChI=1S/C26H40N4O3S/c1-6-16-30-24-18-20(19-27-15-17-33-5)11-14-23(24)26(29(3)4)25(30)21-9-8-10-22(13-12-21)28-34(31,32)7-2/h8,10-12,14,18,22,27-28H,6-7,9,13,15-17,19H2,1-5H3. The first-order valence-corrected chi connectivity index (χ1v) is 13.8.